The molecule has 1 saturated heterocycles. The van der Waals surface area contributed by atoms with E-state index in [4.69, 9.17) is 27.9 Å². The Morgan fingerprint density at radius 1 is 1.41 bits per heavy atom. The molecule has 22 heavy (non-hydrogen) atoms. The van der Waals surface area contributed by atoms with Gasteiger partial charge in [0.05, 0.1) is 10.9 Å². The first-order chi connectivity index (χ1) is 10.5. The van der Waals surface area contributed by atoms with Gasteiger partial charge in [0.15, 0.2) is 6.61 Å². The van der Waals surface area contributed by atoms with Crippen LogP contribution in [0.1, 0.15) is 13.3 Å². The van der Waals surface area contributed by atoms with E-state index in [0.717, 1.165) is 0 Å². The second-order valence-corrected chi connectivity index (χ2v) is 5.93. The maximum Gasteiger partial charge on any atom is 0.260 e. The van der Waals surface area contributed by atoms with Crippen molar-refractivity contribution in [3.63, 3.8) is 0 Å². The molecule has 2 amide bonds. The molecular formula is C15H18Cl2N2O3. The van der Waals surface area contributed by atoms with E-state index in [2.05, 4.69) is 5.32 Å². The first-order valence-corrected chi connectivity index (χ1v) is 7.90. The molecule has 1 atom stereocenters. The van der Waals surface area contributed by atoms with E-state index in [0.29, 0.717) is 41.8 Å². The topological polar surface area (TPSA) is 58.6 Å². The first kappa shape index (κ1) is 16.9. The quantitative estimate of drug-likeness (QED) is 0.891. The van der Waals surface area contributed by atoms with Crippen molar-refractivity contribution in [2.45, 2.75) is 13.3 Å². The average molecular weight is 345 g/mol. The smallest absolute Gasteiger partial charge is 0.260 e. The molecule has 0 unspecified atom stereocenters. The molecule has 5 nitrogen and oxygen atoms in total. The second-order valence-electron chi connectivity index (χ2n) is 5.08. The molecular weight excluding hydrogens is 327 g/mol. The van der Waals surface area contributed by atoms with Gasteiger partial charge in [0, 0.05) is 24.7 Å². The van der Waals surface area contributed by atoms with Crippen LogP contribution in [0.25, 0.3) is 0 Å². The minimum atomic E-state index is -0.155. The fourth-order valence-electron chi connectivity index (χ4n) is 2.34. The van der Waals surface area contributed by atoms with E-state index >= 15 is 0 Å². The highest BCUT2D eigenvalue weighted by Crippen LogP contribution is 2.27. The summed E-state index contributed by atoms with van der Waals surface area (Å²) in [4.78, 5) is 25.5. The second kappa shape index (κ2) is 7.70. The summed E-state index contributed by atoms with van der Waals surface area (Å²) in [6.07, 6.45) is 0.680. The molecule has 7 heteroatoms. The number of halogens is 2. The summed E-state index contributed by atoms with van der Waals surface area (Å²) < 4.78 is 5.43. The van der Waals surface area contributed by atoms with Gasteiger partial charge in [-0.05, 0) is 31.5 Å². The average Bonchev–Trinajstić information content (AvgIpc) is 2.96. The Labute approximate surface area is 139 Å². The summed E-state index contributed by atoms with van der Waals surface area (Å²) in [7, 11) is 0. The Morgan fingerprint density at radius 2 is 2.18 bits per heavy atom. The van der Waals surface area contributed by atoms with Gasteiger partial charge in [-0.3, -0.25) is 9.59 Å². The van der Waals surface area contributed by atoms with Crippen LogP contribution >= 0.6 is 23.2 Å². The normalized spacial score (nSPS) is 17.4. The SMILES string of the molecule is CCNC(=O)[C@H]1CCN(C(=O)COc2ccc(Cl)cc2Cl)C1. The van der Waals surface area contributed by atoms with Crippen LogP contribution in [0.4, 0.5) is 0 Å². The standard InChI is InChI=1S/C15H18Cl2N2O3/c1-2-18-15(21)10-5-6-19(8-10)14(20)9-22-13-4-3-11(16)7-12(13)17/h3-4,7,10H,2,5-6,8-9H2,1H3,(H,18,21)/t10-/m0/s1. The Hall–Kier alpha value is -1.46. The van der Waals surface area contributed by atoms with Crippen LogP contribution in [0.5, 0.6) is 5.75 Å². The van der Waals surface area contributed by atoms with Crippen LogP contribution in [0.3, 0.4) is 0 Å². The number of hydrogen-bond acceptors (Lipinski definition) is 3. The monoisotopic (exact) mass is 344 g/mol. The third-order valence-electron chi connectivity index (χ3n) is 3.51. The zero-order valence-electron chi connectivity index (χ0n) is 12.3. The van der Waals surface area contributed by atoms with Crippen molar-refractivity contribution in [2.75, 3.05) is 26.2 Å². The summed E-state index contributed by atoms with van der Waals surface area (Å²) in [5.41, 5.74) is 0. The minimum absolute atomic E-state index is 0.000496. The van der Waals surface area contributed by atoms with Crippen LogP contribution in [0.15, 0.2) is 18.2 Å². The number of rotatable bonds is 5. The zero-order valence-corrected chi connectivity index (χ0v) is 13.8. The van der Waals surface area contributed by atoms with Crippen LogP contribution < -0.4 is 10.1 Å². The molecule has 0 aliphatic carbocycles. The van der Waals surface area contributed by atoms with Gasteiger partial charge in [0.25, 0.3) is 5.91 Å². The fraction of sp³-hybridized carbons (Fsp3) is 0.467. The van der Waals surface area contributed by atoms with Gasteiger partial charge >= 0.3 is 0 Å². The lowest BCUT2D eigenvalue weighted by Crippen LogP contribution is -2.36. The van der Waals surface area contributed by atoms with Crippen molar-refractivity contribution in [1.29, 1.82) is 0 Å². The van der Waals surface area contributed by atoms with E-state index in [9.17, 15) is 9.59 Å². The van der Waals surface area contributed by atoms with E-state index in [1.54, 1.807) is 23.1 Å². The molecule has 1 aromatic rings. The largest absolute Gasteiger partial charge is 0.482 e. The fourth-order valence-corrected chi connectivity index (χ4v) is 2.81. The molecule has 1 N–H and O–H groups in total. The van der Waals surface area contributed by atoms with Crippen LogP contribution in [-0.2, 0) is 9.59 Å². The molecule has 1 fully saturated rings. The van der Waals surface area contributed by atoms with Crippen LogP contribution in [0, 0.1) is 5.92 Å². The number of benzene rings is 1. The third-order valence-corrected chi connectivity index (χ3v) is 4.04. The van der Waals surface area contributed by atoms with Gasteiger partial charge in [-0.1, -0.05) is 23.2 Å². The number of amides is 2. The number of hydrogen-bond donors (Lipinski definition) is 1. The van der Waals surface area contributed by atoms with E-state index in [1.165, 1.54) is 0 Å². The highest BCUT2D eigenvalue weighted by molar-refractivity contribution is 6.35. The van der Waals surface area contributed by atoms with Crippen molar-refractivity contribution in [2.24, 2.45) is 5.92 Å². The summed E-state index contributed by atoms with van der Waals surface area (Å²) >= 11 is 11.8. The summed E-state index contributed by atoms with van der Waals surface area (Å²) in [5.74, 6) is 0.124. The number of carbonyl (C=O) groups is 2. The lowest BCUT2D eigenvalue weighted by molar-refractivity contribution is -0.132. The molecule has 0 aromatic heterocycles. The molecule has 1 heterocycles. The number of likely N-dealkylation sites (tertiary alicyclic amines) is 1. The van der Waals surface area contributed by atoms with Crippen molar-refractivity contribution in [1.82, 2.24) is 10.2 Å². The van der Waals surface area contributed by atoms with E-state index < -0.39 is 0 Å². The van der Waals surface area contributed by atoms with Gasteiger partial charge < -0.3 is 15.0 Å². The van der Waals surface area contributed by atoms with Crippen molar-refractivity contribution < 1.29 is 14.3 Å². The molecule has 120 valence electrons. The van der Waals surface area contributed by atoms with E-state index in [-0.39, 0.29) is 24.3 Å². The Kier molecular flexibility index (Phi) is 5.91. The van der Waals surface area contributed by atoms with Crippen LogP contribution in [0.2, 0.25) is 10.0 Å². The van der Waals surface area contributed by atoms with Crippen molar-refractivity contribution in [3.8, 4) is 5.75 Å². The Morgan fingerprint density at radius 3 is 2.86 bits per heavy atom. The molecule has 1 aliphatic rings. The van der Waals surface area contributed by atoms with E-state index in [1.807, 2.05) is 6.92 Å². The summed E-state index contributed by atoms with van der Waals surface area (Å²) in [6.45, 7) is 3.37. The van der Waals surface area contributed by atoms with Crippen LogP contribution in [-0.4, -0.2) is 43.0 Å². The Balaban J connectivity index is 1.84. The molecule has 1 aromatic carbocycles. The number of nitrogens with one attached hydrogen (secondary N) is 1. The summed E-state index contributed by atoms with van der Waals surface area (Å²) in [5, 5.41) is 3.65. The Bertz CT molecular complexity index is 566. The third kappa shape index (κ3) is 4.27. The predicted octanol–water partition coefficient (Wildman–Crippen LogP) is 2.36. The lowest BCUT2D eigenvalue weighted by Gasteiger charge is -2.17. The first-order valence-electron chi connectivity index (χ1n) is 7.14. The van der Waals surface area contributed by atoms with Crippen molar-refractivity contribution >= 4 is 35.0 Å². The molecule has 2 rings (SSSR count). The summed E-state index contributed by atoms with van der Waals surface area (Å²) in [6, 6.07) is 4.83. The molecule has 0 radical (unpaired) electrons. The predicted molar refractivity (Wildman–Crippen MR) is 85.3 cm³/mol. The minimum Gasteiger partial charge on any atom is -0.482 e. The molecule has 0 saturated carbocycles. The van der Waals surface area contributed by atoms with Gasteiger partial charge in [0.1, 0.15) is 5.75 Å². The van der Waals surface area contributed by atoms with Gasteiger partial charge in [-0.15, -0.1) is 0 Å². The highest BCUT2D eigenvalue weighted by atomic mass is 35.5. The van der Waals surface area contributed by atoms with Gasteiger partial charge in [0.2, 0.25) is 5.91 Å². The van der Waals surface area contributed by atoms with Gasteiger partial charge in [-0.2, -0.15) is 0 Å². The number of ether oxygens (including phenoxy) is 1. The highest BCUT2D eigenvalue weighted by Gasteiger charge is 2.30. The molecule has 1 aliphatic heterocycles. The maximum absolute atomic E-state index is 12.1. The number of carbonyl (C=O) groups excluding carboxylic acids is 2. The maximum atomic E-state index is 12.1. The molecule has 0 bridgehead atoms. The number of nitrogens with zero attached hydrogens (tertiary/aromatic N) is 1. The van der Waals surface area contributed by atoms with Crippen molar-refractivity contribution in [3.05, 3.63) is 28.2 Å². The lowest BCUT2D eigenvalue weighted by atomic mass is 10.1. The molecule has 0 spiro atoms. The zero-order chi connectivity index (χ0) is 16.1. The van der Waals surface area contributed by atoms with Gasteiger partial charge in [-0.25, -0.2) is 0 Å².